The van der Waals surface area contributed by atoms with Crippen molar-refractivity contribution in [3.05, 3.63) is 16.3 Å². The molecule has 0 atom stereocenters. The minimum atomic E-state index is 0.390. The maximum absolute atomic E-state index is 5.86. The smallest absolute Gasteiger partial charge is 0.0468 e. The highest BCUT2D eigenvalue weighted by Gasteiger charge is 2.16. The zero-order valence-electron chi connectivity index (χ0n) is 11.4. The summed E-state index contributed by atoms with van der Waals surface area (Å²) in [5.74, 6) is 0. The topological polar surface area (TPSA) is 38.0 Å². The van der Waals surface area contributed by atoms with Crippen molar-refractivity contribution in [2.24, 2.45) is 5.41 Å². The van der Waals surface area contributed by atoms with Crippen LogP contribution in [0.4, 0.5) is 5.69 Å². The van der Waals surface area contributed by atoms with E-state index in [-0.39, 0.29) is 0 Å². The minimum Gasteiger partial charge on any atom is -0.398 e. The van der Waals surface area contributed by atoms with Crippen LogP contribution in [0.3, 0.4) is 0 Å². The summed E-state index contributed by atoms with van der Waals surface area (Å²) in [6.07, 6.45) is 5.29. The van der Waals surface area contributed by atoms with E-state index in [0.717, 1.165) is 18.8 Å². The maximum atomic E-state index is 5.86. The second kappa shape index (κ2) is 7.02. The van der Waals surface area contributed by atoms with Gasteiger partial charge in [-0.15, -0.1) is 11.3 Å². The molecule has 98 valence electrons. The lowest BCUT2D eigenvalue weighted by atomic mass is 9.87. The van der Waals surface area contributed by atoms with Gasteiger partial charge in [-0.3, -0.25) is 0 Å². The second-order valence-electron chi connectivity index (χ2n) is 5.52. The molecule has 0 saturated heterocycles. The average Bonchev–Trinajstić information content (AvgIpc) is 2.64. The molecule has 3 heteroatoms. The molecule has 0 radical (unpaired) electrons. The van der Waals surface area contributed by atoms with Crippen molar-refractivity contribution in [3.63, 3.8) is 0 Å². The molecule has 0 aliphatic heterocycles. The number of nitrogens with one attached hydrogen (secondary N) is 1. The minimum absolute atomic E-state index is 0.390. The summed E-state index contributed by atoms with van der Waals surface area (Å²) in [4.78, 5) is 1.26. The van der Waals surface area contributed by atoms with Crippen LogP contribution in [-0.4, -0.2) is 6.54 Å². The summed E-state index contributed by atoms with van der Waals surface area (Å²) in [6.45, 7) is 8.90. The summed E-state index contributed by atoms with van der Waals surface area (Å²) >= 11 is 1.73. The van der Waals surface area contributed by atoms with E-state index in [4.69, 9.17) is 5.73 Å². The third kappa shape index (κ3) is 5.55. The molecule has 3 N–H and O–H groups in total. The van der Waals surface area contributed by atoms with E-state index in [1.165, 1.54) is 30.6 Å². The highest BCUT2D eigenvalue weighted by atomic mass is 32.1. The van der Waals surface area contributed by atoms with E-state index in [2.05, 4.69) is 31.5 Å². The Morgan fingerprint density at radius 3 is 2.71 bits per heavy atom. The van der Waals surface area contributed by atoms with E-state index in [9.17, 15) is 0 Å². The molecule has 0 fully saturated rings. The van der Waals surface area contributed by atoms with Gasteiger partial charge in [-0.1, -0.05) is 40.0 Å². The summed E-state index contributed by atoms with van der Waals surface area (Å²) in [5, 5.41) is 5.58. The van der Waals surface area contributed by atoms with Gasteiger partial charge in [-0.25, -0.2) is 0 Å². The maximum Gasteiger partial charge on any atom is 0.0468 e. The number of thiophene rings is 1. The van der Waals surface area contributed by atoms with Crippen molar-refractivity contribution in [1.82, 2.24) is 5.32 Å². The third-order valence-electron chi connectivity index (χ3n) is 3.13. The fourth-order valence-electron chi connectivity index (χ4n) is 1.95. The number of anilines is 1. The van der Waals surface area contributed by atoms with Crippen LogP contribution in [-0.2, 0) is 6.54 Å². The molecule has 1 aromatic rings. The molecule has 1 heterocycles. The molecule has 1 rings (SSSR count). The number of rotatable bonds is 8. The van der Waals surface area contributed by atoms with Crippen molar-refractivity contribution in [2.45, 2.75) is 53.0 Å². The molecule has 0 aliphatic carbocycles. The first-order chi connectivity index (χ1) is 8.05. The molecule has 0 amide bonds. The van der Waals surface area contributed by atoms with Crippen LogP contribution in [0.5, 0.6) is 0 Å². The largest absolute Gasteiger partial charge is 0.398 e. The first kappa shape index (κ1) is 14.5. The summed E-state index contributed by atoms with van der Waals surface area (Å²) < 4.78 is 0. The van der Waals surface area contributed by atoms with Gasteiger partial charge in [-0.2, -0.15) is 0 Å². The van der Waals surface area contributed by atoms with E-state index in [1.807, 2.05) is 6.07 Å². The van der Waals surface area contributed by atoms with Gasteiger partial charge >= 0.3 is 0 Å². The van der Waals surface area contributed by atoms with Crippen molar-refractivity contribution in [1.29, 1.82) is 0 Å². The van der Waals surface area contributed by atoms with Gasteiger partial charge in [0.15, 0.2) is 0 Å². The molecular weight excluding hydrogens is 228 g/mol. The fourth-order valence-corrected chi connectivity index (χ4v) is 2.72. The molecule has 17 heavy (non-hydrogen) atoms. The number of hydrogen-bond acceptors (Lipinski definition) is 3. The molecule has 0 bridgehead atoms. The van der Waals surface area contributed by atoms with Gasteiger partial charge in [0.2, 0.25) is 0 Å². The van der Waals surface area contributed by atoms with Crippen LogP contribution < -0.4 is 11.1 Å². The highest BCUT2D eigenvalue weighted by Crippen LogP contribution is 2.23. The highest BCUT2D eigenvalue weighted by molar-refractivity contribution is 7.10. The monoisotopic (exact) mass is 254 g/mol. The van der Waals surface area contributed by atoms with E-state index >= 15 is 0 Å². The summed E-state index contributed by atoms with van der Waals surface area (Å²) in [6, 6.07) is 1.98. The van der Waals surface area contributed by atoms with Crippen LogP contribution in [0.25, 0.3) is 0 Å². The number of unbranched alkanes of at least 4 members (excludes halogenated alkanes) is 2. The summed E-state index contributed by atoms with van der Waals surface area (Å²) in [7, 11) is 0. The Morgan fingerprint density at radius 1 is 1.35 bits per heavy atom. The van der Waals surface area contributed by atoms with Crippen molar-refractivity contribution >= 4 is 17.0 Å². The Morgan fingerprint density at radius 2 is 2.12 bits per heavy atom. The lowest BCUT2D eigenvalue weighted by Gasteiger charge is -2.25. The number of nitrogens with two attached hydrogens (primary N) is 1. The molecule has 1 aromatic heterocycles. The quantitative estimate of drug-likeness (QED) is 0.687. The summed E-state index contributed by atoms with van der Waals surface area (Å²) in [5.41, 5.74) is 7.17. The molecule has 0 unspecified atom stereocenters. The Bertz CT molecular complexity index is 318. The lowest BCUT2D eigenvalue weighted by molar-refractivity contribution is 0.302. The van der Waals surface area contributed by atoms with E-state index in [0.29, 0.717) is 5.41 Å². The van der Waals surface area contributed by atoms with Crippen LogP contribution in [0.2, 0.25) is 0 Å². The second-order valence-corrected chi connectivity index (χ2v) is 6.52. The van der Waals surface area contributed by atoms with Crippen molar-refractivity contribution in [2.75, 3.05) is 12.3 Å². The average molecular weight is 254 g/mol. The van der Waals surface area contributed by atoms with Crippen LogP contribution in [0.15, 0.2) is 11.4 Å². The van der Waals surface area contributed by atoms with Crippen LogP contribution >= 0.6 is 11.3 Å². The molecule has 0 spiro atoms. The fraction of sp³-hybridized carbons (Fsp3) is 0.714. The van der Waals surface area contributed by atoms with Gasteiger partial charge < -0.3 is 11.1 Å². The third-order valence-corrected chi connectivity index (χ3v) is 4.06. The first-order valence-electron chi connectivity index (χ1n) is 6.58. The van der Waals surface area contributed by atoms with Crippen molar-refractivity contribution in [3.8, 4) is 0 Å². The van der Waals surface area contributed by atoms with E-state index in [1.54, 1.807) is 11.3 Å². The molecule has 0 aliphatic rings. The predicted molar refractivity (Wildman–Crippen MR) is 78.4 cm³/mol. The van der Waals surface area contributed by atoms with Gasteiger partial charge in [0, 0.05) is 23.7 Å². The Labute approximate surface area is 110 Å². The van der Waals surface area contributed by atoms with Crippen LogP contribution in [0.1, 0.15) is 51.3 Å². The zero-order chi connectivity index (χ0) is 12.7. The van der Waals surface area contributed by atoms with Crippen molar-refractivity contribution < 1.29 is 0 Å². The van der Waals surface area contributed by atoms with Gasteiger partial charge in [-0.05, 0) is 23.3 Å². The molecule has 0 aromatic carbocycles. The van der Waals surface area contributed by atoms with Gasteiger partial charge in [0.1, 0.15) is 0 Å². The van der Waals surface area contributed by atoms with Crippen LogP contribution in [0, 0.1) is 5.41 Å². The predicted octanol–water partition coefficient (Wildman–Crippen LogP) is 4.03. The van der Waals surface area contributed by atoms with Gasteiger partial charge in [0.05, 0.1) is 0 Å². The zero-order valence-corrected chi connectivity index (χ0v) is 12.2. The number of nitrogen functional groups attached to an aromatic ring is 1. The lowest BCUT2D eigenvalue weighted by Crippen LogP contribution is -2.29. The molecule has 0 saturated carbocycles. The Kier molecular flexibility index (Phi) is 6.00. The standard InChI is InChI=1S/C14H26N2S/c1-4-5-6-8-14(2,3)11-16-10-13-12(15)7-9-17-13/h7,9,16H,4-6,8,10-11,15H2,1-3H3. The molecular formula is C14H26N2S. The number of hydrogen-bond donors (Lipinski definition) is 2. The normalized spacial score (nSPS) is 11.9. The Hall–Kier alpha value is -0.540. The first-order valence-corrected chi connectivity index (χ1v) is 7.46. The SMILES string of the molecule is CCCCCC(C)(C)CNCc1sccc1N. The molecule has 2 nitrogen and oxygen atoms in total. The Balaban J connectivity index is 2.23. The van der Waals surface area contributed by atoms with Gasteiger partial charge in [0.25, 0.3) is 0 Å². The van der Waals surface area contributed by atoms with E-state index < -0.39 is 0 Å².